The van der Waals surface area contributed by atoms with Gasteiger partial charge in [0.15, 0.2) is 5.82 Å². The number of nitrogens with two attached hydrogens (primary N) is 1. The molecule has 258 valence electrons. The molecular formula is C34H32F6N6O2S. The highest BCUT2D eigenvalue weighted by atomic mass is 32.1. The molecule has 4 fully saturated rings. The number of rotatable bonds is 6. The number of halogens is 6. The number of hydrogen-bond donors (Lipinski definition) is 2. The number of nitrogens with zero attached hydrogens (tertiary/aromatic N) is 4. The summed E-state index contributed by atoms with van der Waals surface area (Å²) in [6.07, 6.45) is -1.70. The van der Waals surface area contributed by atoms with Gasteiger partial charge in [0, 0.05) is 37.0 Å². The monoisotopic (exact) mass is 702 g/mol. The maximum atomic E-state index is 17.0. The molecule has 2 unspecified atom stereocenters. The van der Waals surface area contributed by atoms with E-state index in [9.17, 15) is 22.0 Å². The molecule has 3 aliphatic heterocycles. The van der Waals surface area contributed by atoms with Gasteiger partial charge in [0.05, 0.1) is 32.8 Å². The molecule has 1 aliphatic carbocycles. The number of fused-ring (bicyclic) bond motifs is 3. The molecule has 0 bridgehead atoms. The van der Waals surface area contributed by atoms with Crippen molar-refractivity contribution >= 4 is 43.0 Å². The van der Waals surface area contributed by atoms with Crippen molar-refractivity contribution in [2.24, 2.45) is 5.41 Å². The summed E-state index contributed by atoms with van der Waals surface area (Å²) < 4.78 is 103. The smallest absolute Gasteiger partial charge is 0.417 e. The lowest BCUT2D eigenvalue weighted by Gasteiger charge is -2.47. The van der Waals surface area contributed by atoms with Gasteiger partial charge < -0.3 is 20.5 Å². The first kappa shape index (κ1) is 32.3. The van der Waals surface area contributed by atoms with Crippen LogP contribution in [0.25, 0.3) is 37.0 Å². The first-order valence-corrected chi connectivity index (χ1v) is 17.1. The lowest BCUT2D eigenvalue weighted by atomic mass is 9.69. The summed E-state index contributed by atoms with van der Waals surface area (Å²) in [5.41, 5.74) is 2.18. The van der Waals surface area contributed by atoms with Crippen LogP contribution in [-0.4, -0.2) is 65.5 Å². The van der Waals surface area contributed by atoms with Crippen LogP contribution >= 0.6 is 11.3 Å². The molecule has 0 radical (unpaired) electrons. The second-order valence-electron chi connectivity index (χ2n) is 13.8. The fourth-order valence-electron chi connectivity index (χ4n) is 8.27. The van der Waals surface area contributed by atoms with Gasteiger partial charge in [-0.15, -0.1) is 11.3 Å². The third-order valence-electron chi connectivity index (χ3n) is 10.9. The second-order valence-corrected chi connectivity index (χ2v) is 14.9. The topological polar surface area (TPSA) is 89.9 Å². The van der Waals surface area contributed by atoms with Crippen LogP contribution in [0.1, 0.15) is 50.5 Å². The van der Waals surface area contributed by atoms with Crippen molar-refractivity contribution in [3.8, 4) is 23.0 Å². The Balaban J connectivity index is 1.28. The van der Waals surface area contributed by atoms with Crippen LogP contribution < -0.4 is 20.5 Å². The highest BCUT2D eigenvalue weighted by Gasteiger charge is 2.49. The Morgan fingerprint density at radius 2 is 1.92 bits per heavy atom. The van der Waals surface area contributed by atoms with Gasteiger partial charge in [-0.05, 0) is 68.2 Å². The van der Waals surface area contributed by atoms with E-state index < -0.39 is 46.2 Å². The first-order chi connectivity index (χ1) is 23.4. The Bertz CT molecular complexity index is 2020. The number of alkyl halides is 4. The van der Waals surface area contributed by atoms with Crippen LogP contribution in [0.15, 0.2) is 18.2 Å². The second kappa shape index (κ2) is 11.6. The number of hydrogen-bond acceptors (Lipinski definition) is 8. The number of nitrogens with one attached hydrogen (secondary N) is 1. The Morgan fingerprint density at radius 1 is 1.14 bits per heavy atom. The van der Waals surface area contributed by atoms with E-state index in [2.05, 4.69) is 20.1 Å². The average Bonchev–Trinajstić information content (AvgIpc) is 3.69. The molecule has 8 rings (SSSR count). The van der Waals surface area contributed by atoms with Crippen molar-refractivity contribution in [3.05, 3.63) is 46.8 Å². The van der Waals surface area contributed by atoms with Gasteiger partial charge in [-0.25, -0.2) is 18.0 Å². The van der Waals surface area contributed by atoms with E-state index in [0.717, 1.165) is 50.6 Å². The van der Waals surface area contributed by atoms with Crippen molar-refractivity contribution in [2.75, 3.05) is 38.5 Å². The van der Waals surface area contributed by atoms with Gasteiger partial charge in [0.25, 0.3) is 0 Å². The molecule has 2 aromatic carbocycles. The van der Waals surface area contributed by atoms with Crippen LogP contribution in [0.3, 0.4) is 0 Å². The molecule has 1 spiro atoms. The van der Waals surface area contributed by atoms with Crippen molar-refractivity contribution in [2.45, 2.75) is 68.9 Å². The molecule has 2 atom stereocenters. The van der Waals surface area contributed by atoms with E-state index in [1.807, 2.05) is 4.90 Å². The molecule has 2 aromatic heterocycles. The molecular weight excluding hydrogens is 670 g/mol. The zero-order chi connectivity index (χ0) is 34.3. The summed E-state index contributed by atoms with van der Waals surface area (Å²) in [5.74, 6) is -2.40. The Hall–Kier alpha value is -3.87. The quantitative estimate of drug-likeness (QED) is 0.157. The summed E-state index contributed by atoms with van der Waals surface area (Å²) in [6.45, 7) is 10.4. The minimum atomic E-state index is -5.08. The predicted molar refractivity (Wildman–Crippen MR) is 173 cm³/mol. The van der Waals surface area contributed by atoms with Gasteiger partial charge in [-0.1, -0.05) is 6.07 Å². The zero-order valence-electron chi connectivity index (χ0n) is 26.2. The van der Waals surface area contributed by atoms with Gasteiger partial charge in [-0.3, -0.25) is 4.90 Å². The summed E-state index contributed by atoms with van der Waals surface area (Å²) in [4.78, 5) is 14.1. The van der Waals surface area contributed by atoms with E-state index in [1.165, 1.54) is 0 Å². The maximum Gasteiger partial charge on any atom is 0.417 e. The first-order valence-electron chi connectivity index (χ1n) is 16.3. The van der Waals surface area contributed by atoms with Crippen molar-refractivity contribution in [3.63, 3.8) is 0 Å². The number of aromatic nitrogens is 2. The van der Waals surface area contributed by atoms with Crippen LogP contribution in [0.4, 0.5) is 37.0 Å². The Morgan fingerprint density at radius 3 is 2.61 bits per heavy atom. The van der Waals surface area contributed by atoms with Gasteiger partial charge in [0.2, 0.25) is 11.6 Å². The van der Waals surface area contributed by atoms with Crippen LogP contribution in [-0.2, 0) is 6.18 Å². The largest absolute Gasteiger partial charge is 0.474 e. The van der Waals surface area contributed by atoms with E-state index in [4.69, 9.17) is 21.8 Å². The average molecular weight is 703 g/mol. The Labute approximate surface area is 281 Å². The third kappa shape index (κ3) is 5.34. The van der Waals surface area contributed by atoms with E-state index in [0.29, 0.717) is 37.1 Å². The van der Waals surface area contributed by atoms with Crippen LogP contribution in [0, 0.1) is 23.6 Å². The highest BCUT2D eigenvalue weighted by Crippen LogP contribution is 2.51. The molecule has 0 amide bonds. The van der Waals surface area contributed by atoms with Gasteiger partial charge in [-0.2, -0.15) is 23.1 Å². The molecule has 4 aromatic rings. The lowest BCUT2D eigenvalue weighted by molar-refractivity contribution is -0.137. The SMILES string of the molecule is [C-]#[N+]c1c(N)sc2c(F)ccc(-c3c(C(F)(F)F)cc4c(OC5CCC6(CC5)CNC6)nc(OCC56CCCN5CC(F)C6)nc4c3F)c12. The van der Waals surface area contributed by atoms with Crippen LogP contribution in [0.2, 0.25) is 0 Å². The van der Waals surface area contributed by atoms with Crippen molar-refractivity contribution in [1.29, 1.82) is 0 Å². The standard InChI is InChI=1S/C34H32F6N6O2S/c1-42-27-24-19(3-4-22(36)28(24)49-29(27)41)23-21(34(38,39)40)11-20-26(25(23)37)44-31(47-16-33-7-2-10-46(33)13-17(35)12-33)45-30(20)48-18-5-8-32(9-6-18)14-43-15-32/h3-4,11,17-18,43H,2,5-10,12-16,41H2. The number of nitrogen functional groups attached to an aromatic ring is 1. The lowest BCUT2D eigenvalue weighted by Crippen LogP contribution is -2.55. The van der Waals surface area contributed by atoms with E-state index >= 15 is 4.39 Å². The number of anilines is 1. The number of benzene rings is 2. The van der Waals surface area contributed by atoms with Gasteiger partial charge in [0.1, 0.15) is 30.2 Å². The number of thiophene rings is 1. The third-order valence-corrected chi connectivity index (χ3v) is 11.9. The number of ether oxygens (including phenoxy) is 2. The molecule has 49 heavy (non-hydrogen) atoms. The molecule has 5 heterocycles. The molecule has 3 N–H and O–H groups in total. The summed E-state index contributed by atoms with van der Waals surface area (Å²) in [7, 11) is 0. The molecule has 1 saturated carbocycles. The maximum absolute atomic E-state index is 17.0. The predicted octanol–water partition coefficient (Wildman–Crippen LogP) is 7.81. The Kier molecular flexibility index (Phi) is 7.66. The summed E-state index contributed by atoms with van der Waals surface area (Å²) >= 11 is 0.702. The minimum Gasteiger partial charge on any atom is -0.474 e. The minimum absolute atomic E-state index is 0.00750. The normalized spacial score (nSPS) is 24.0. The van der Waals surface area contributed by atoms with Crippen LogP contribution in [0.5, 0.6) is 11.9 Å². The summed E-state index contributed by atoms with van der Waals surface area (Å²) in [5, 5.41) is 2.68. The van der Waals surface area contributed by atoms with E-state index in [1.54, 1.807) is 0 Å². The highest BCUT2D eigenvalue weighted by molar-refractivity contribution is 7.23. The zero-order valence-corrected chi connectivity index (χ0v) is 27.0. The molecule has 3 saturated heterocycles. The molecule has 4 aliphatic rings. The fourth-order valence-corrected chi connectivity index (χ4v) is 9.21. The van der Waals surface area contributed by atoms with Crippen molar-refractivity contribution in [1.82, 2.24) is 20.2 Å². The summed E-state index contributed by atoms with van der Waals surface area (Å²) in [6, 6.07) is 2.38. The van der Waals surface area contributed by atoms with Gasteiger partial charge >= 0.3 is 12.2 Å². The van der Waals surface area contributed by atoms with E-state index in [-0.39, 0.29) is 74.7 Å². The van der Waals surface area contributed by atoms with Crippen molar-refractivity contribution < 1.29 is 35.8 Å². The fraction of sp³-hybridized carbons (Fsp3) is 0.500. The molecule has 8 nitrogen and oxygen atoms in total. The molecule has 15 heteroatoms.